The molecule has 1 atom stereocenters. The van der Waals surface area contributed by atoms with Crippen LogP contribution in [0.15, 0.2) is 40.4 Å². The Morgan fingerprint density at radius 1 is 1.53 bits per heavy atom. The van der Waals surface area contributed by atoms with E-state index in [1.807, 2.05) is 19.3 Å². The van der Waals surface area contributed by atoms with E-state index in [0.717, 1.165) is 4.47 Å². The van der Waals surface area contributed by atoms with Crippen molar-refractivity contribution in [2.24, 2.45) is 0 Å². The number of aromatic nitrogens is 1. The zero-order valence-electron chi connectivity index (χ0n) is 8.27. The molecule has 2 heterocycles. The minimum atomic E-state index is 0.231. The Bertz CT molecular complexity index is 427. The van der Waals surface area contributed by atoms with Crippen LogP contribution in [0.25, 0.3) is 0 Å². The zero-order valence-corrected chi connectivity index (χ0v) is 10.7. The van der Waals surface area contributed by atoms with Crippen molar-refractivity contribution in [3.05, 3.63) is 50.9 Å². The van der Waals surface area contributed by atoms with E-state index in [-0.39, 0.29) is 6.04 Å². The standard InChI is InChI=1S/C11H11BrN2S/c1-13-11(8-3-2-4-14-6-8)10-5-9(12)7-15-10/h2-7,11,13H,1H3. The van der Waals surface area contributed by atoms with Gasteiger partial charge in [-0.05, 0) is 40.7 Å². The minimum Gasteiger partial charge on any atom is -0.309 e. The first kappa shape index (κ1) is 10.8. The van der Waals surface area contributed by atoms with Gasteiger partial charge in [0.25, 0.3) is 0 Å². The first-order chi connectivity index (χ1) is 7.31. The van der Waals surface area contributed by atoms with Crippen molar-refractivity contribution in [3.8, 4) is 0 Å². The van der Waals surface area contributed by atoms with Crippen LogP contribution in [0, 0.1) is 0 Å². The maximum absolute atomic E-state index is 4.14. The normalized spacial score (nSPS) is 12.7. The number of rotatable bonds is 3. The Morgan fingerprint density at radius 3 is 2.93 bits per heavy atom. The molecule has 0 aromatic carbocycles. The predicted octanol–water partition coefficient (Wildman–Crippen LogP) is 3.21. The van der Waals surface area contributed by atoms with Crippen LogP contribution in [0.3, 0.4) is 0 Å². The molecular weight excluding hydrogens is 272 g/mol. The minimum absolute atomic E-state index is 0.231. The van der Waals surface area contributed by atoms with E-state index in [9.17, 15) is 0 Å². The van der Waals surface area contributed by atoms with Crippen molar-refractivity contribution < 1.29 is 0 Å². The zero-order chi connectivity index (χ0) is 10.7. The molecule has 0 aliphatic heterocycles. The lowest BCUT2D eigenvalue weighted by molar-refractivity contribution is 0.700. The third-order valence-electron chi connectivity index (χ3n) is 2.18. The molecule has 0 aliphatic carbocycles. The lowest BCUT2D eigenvalue weighted by atomic mass is 10.1. The first-order valence-corrected chi connectivity index (χ1v) is 6.29. The molecule has 0 bridgehead atoms. The van der Waals surface area contributed by atoms with Crippen molar-refractivity contribution >= 4 is 27.3 Å². The summed E-state index contributed by atoms with van der Waals surface area (Å²) in [6, 6.07) is 6.41. The van der Waals surface area contributed by atoms with E-state index in [1.165, 1.54) is 10.4 Å². The molecule has 2 aromatic heterocycles. The number of halogens is 1. The van der Waals surface area contributed by atoms with Crippen LogP contribution in [-0.4, -0.2) is 12.0 Å². The topological polar surface area (TPSA) is 24.9 Å². The Morgan fingerprint density at radius 2 is 2.40 bits per heavy atom. The van der Waals surface area contributed by atoms with Crippen LogP contribution >= 0.6 is 27.3 Å². The van der Waals surface area contributed by atoms with Gasteiger partial charge in [-0.15, -0.1) is 11.3 Å². The van der Waals surface area contributed by atoms with Gasteiger partial charge in [-0.1, -0.05) is 6.07 Å². The quantitative estimate of drug-likeness (QED) is 0.935. The lowest BCUT2D eigenvalue weighted by Gasteiger charge is -2.13. The fourth-order valence-electron chi connectivity index (χ4n) is 1.50. The van der Waals surface area contributed by atoms with Crippen LogP contribution in [0.2, 0.25) is 0 Å². The van der Waals surface area contributed by atoms with Crippen molar-refractivity contribution in [1.82, 2.24) is 10.3 Å². The molecule has 0 saturated carbocycles. The molecule has 0 amide bonds. The Hall–Kier alpha value is -0.710. The molecule has 2 aromatic rings. The monoisotopic (exact) mass is 282 g/mol. The van der Waals surface area contributed by atoms with Crippen LogP contribution in [0.5, 0.6) is 0 Å². The smallest absolute Gasteiger partial charge is 0.0684 e. The predicted molar refractivity (Wildman–Crippen MR) is 67.2 cm³/mol. The second kappa shape index (κ2) is 4.88. The lowest BCUT2D eigenvalue weighted by Crippen LogP contribution is -2.16. The number of nitrogens with one attached hydrogen (secondary N) is 1. The summed E-state index contributed by atoms with van der Waals surface area (Å²) < 4.78 is 1.13. The number of hydrogen-bond acceptors (Lipinski definition) is 3. The molecular formula is C11H11BrN2S. The maximum atomic E-state index is 4.14. The molecule has 0 fully saturated rings. The highest BCUT2D eigenvalue weighted by Crippen LogP contribution is 2.29. The summed E-state index contributed by atoms with van der Waals surface area (Å²) in [5.74, 6) is 0. The van der Waals surface area contributed by atoms with Gasteiger partial charge in [0.1, 0.15) is 0 Å². The number of nitrogens with zero attached hydrogens (tertiary/aromatic N) is 1. The summed E-state index contributed by atoms with van der Waals surface area (Å²) in [5, 5.41) is 5.39. The molecule has 1 unspecified atom stereocenters. The van der Waals surface area contributed by atoms with E-state index < -0.39 is 0 Å². The number of hydrogen-bond donors (Lipinski definition) is 1. The number of thiophene rings is 1. The average molecular weight is 283 g/mol. The van der Waals surface area contributed by atoms with Crippen molar-refractivity contribution in [2.75, 3.05) is 7.05 Å². The van der Waals surface area contributed by atoms with Crippen molar-refractivity contribution in [3.63, 3.8) is 0 Å². The molecule has 15 heavy (non-hydrogen) atoms. The highest BCUT2D eigenvalue weighted by Gasteiger charge is 2.13. The summed E-state index contributed by atoms with van der Waals surface area (Å²) in [5.41, 5.74) is 1.19. The summed E-state index contributed by atoms with van der Waals surface area (Å²) in [6.07, 6.45) is 3.69. The van der Waals surface area contributed by atoms with Gasteiger partial charge in [-0.2, -0.15) is 0 Å². The average Bonchev–Trinajstić information content (AvgIpc) is 2.68. The number of pyridine rings is 1. The van der Waals surface area contributed by atoms with E-state index in [2.05, 4.69) is 43.7 Å². The second-order valence-corrected chi connectivity index (χ2v) is 5.03. The summed E-state index contributed by atoms with van der Waals surface area (Å²) in [4.78, 5) is 5.43. The van der Waals surface area contributed by atoms with Crippen LogP contribution < -0.4 is 5.32 Å². The molecule has 2 nitrogen and oxygen atoms in total. The fourth-order valence-corrected chi connectivity index (χ4v) is 3.08. The van der Waals surface area contributed by atoms with E-state index in [4.69, 9.17) is 0 Å². The van der Waals surface area contributed by atoms with Crippen molar-refractivity contribution in [1.29, 1.82) is 0 Å². The molecule has 2 rings (SSSR count). The van der Waals surface area contributed by atoms with Gasteiger partial charge in [0.15, 0.2) is 0 Å². The third kappa shape index (κ3) is 2.45. The molecule has 1 N–H and O–H groups in total. The molecule has 4 heteroatoms. The van der Waals surface area contributed by atoms with Crippen molar-refractivity contribution in [2.45, 2.75) is 6.04 Å². The highest BCUT2D eigenvalue weighted by atomic mass is 79.9. The summed E-state index contributed by atoms with van der Waals surface area (Å²) >= 11 is 5.21. The molecule has 0 spiro atoms. The van der Waals surface area contributed by atoms with E-state index in [0.29, 0.717) is 0 Å². The van der Waals surface area contributed by atoms with Gasteiger partial charge in [0.2, 0.25) is 0 Å². The summed E-state index contributed by atoms with van der Waals surface area (Å²) in [7, 11) is 1.96. The van der Waals surface area contributed by atoms with Crippen LogP contribution in [0.4, 0.5) is 0 Å². The fraction of sp³-hybridized carbons (Fsp3) is 0.182. The molecule has 0 radical (unpaired) electrons. The van der Waals surface area contributed by atoms with Gasteiger partial charge in [0, 0.05) is 27.1 Å². The van der Waals surface area contributed by atoms with Gasteiger partial charge in [0.05, 0.1) is 6.04 Å². The van der Waals surface area contributed by atoms with Gasteiger partial charge in [-0.25, -0.2) is 0 Å². The molecule has 78 valence electrons. The second-order valence-electron chi connectivity index (χ2n) is 3.18. The summed E-state index contributed by atoms with van der Waals surface area (Å²) in [6.45, 7) is 0. The third-order valence-corrected chi connectivity index (χ3v) is 3.94. The Labute approximate surface area is 101 Å². The maximum Gasteiger partial charge on any atom is 0.0684 e. The van der Waals surface area contributed by atoms with Crippen LogP contribution in [-0.2, 0) is 0 Å². The van der Waals surface area contributed by atoms with Gasteiger partial charge >= 0.3 is 0 Å². The Kier molecular flexibility index (Phi) is 3.51. The first-order valence-electron chi connectivity index (χ1n) is 4.62. The van der Waals surface area contributed by atoms with Gasteiger partial charge < -0.3 is 5.32 Å². The van der Waals surface area contributed by atoms with Crippen LogP contribution in [0.1, 0.15) is 16.5 Å². The largest absolute Gasteiger partial charge is 0.309 e. The highest BCUT2D eigenvalue weighted by molar-refractivity contribution is 9.10. The van der Waals surface area contributed by atoms with E-state index in [1.54, 1.807) is 17.5 Å². The van der Waals surface area contributed by atoms with E-state index >= 15 is 0 Å². The SMILES string of the molecule is CNC(c1cccnc1)c1cc(Br)cs1. The molecule has 0 saturated heterocycles. The molecule has 0 aliphatic rings. The van der Waals surface area contributed by atoms with Gasteiger partial charge in [-0.3, -0.25) is 4.98 Å². The Balaban J connectivity index is 2.33.